The molecule has 2 amide bonds. The second-order valence-electron chi connectivity index (χ2n) is 3.84. The van der Waals surface area contributed by atoms with Crippen molar-refractivity contribution in [1.29, 1.82) is 0 Å². The number of carbonyl (C=O) groups excluding carboxylic acids is 2. The van der Waals surface area contributed by atoms with Crippen LogP contribution in [-0.4, -0.2) is 35.1 Å². The highest BCUT2D eigenvalue weighted by atomic mass is 32.2. The first-order valence-electron chi connectivity index (χ1n) is 5.95. The lowest BCUT2D eigenvalue weighted by atomic mass is 10.3. The Balaban J connectivity index is 1.87. The molecule has 0 bridgehead atoms. The van der Waals surface area contributed by atoms with Gasteiger partial charge in [0.2, 0.25) is 5.13 Å². The van der Waals surface area contributed by atoms with Crippen LogP contribution in [0.5, 0.6) is 5.75 Å². The summed E-state index contributed by atoms with van der Waals surface area (Å²) >= 11 is 2.06. The Morgan fingerprint density at radius 2 is 2.00 bits per heavy atom. The van der Waals surface area contributed by atoms with Gasteiger partial charge in [0.15, 0.2) is 4.34 Å². The standard InChI is InChI=1S/C12H12N4O4S2/c1-20-8-4-2-7(3-5-8)13-10(19)14-11-15-16-12(22-11)21-6-9(17)18/h2-5H,6H2,1H3,(H,17,18)(H2,13,14,15,19)/p-1. The number of thioether (sulfide) groups is 1. The summed E-state index contributed by atoms with van der Waals surface area (Å²) in [5, 5.41) is 23.2. The number of amides is 2. The summed E-state index contributed by atoms with van der Waals surface area (Å²) in [6.07, 6.45) is 0. The molecule has 2 rings (SSSR count). The van der Waals surface area contributed by atoms with Gasteiger partial charge in [-0.3, -0.25) is 5.32 Å². The number of hydrogen-bond acceptors (Lipinski definition) is 8. The molecule has 0 aliphatic rings. The van der Waals surface area contributed by atoms with Crippen molar-refractivity contribution in [2.24, 2.45) is 0 Å². The zero-order valence-corrected chi connectivity index (χ0v) is 13.0. The number of rotatable bonds is 6. The molecule has 1 aromatic carbocycles. The van der Waals surface area contributed by atoms with Crippen LogP contribution in [-0.2, 0) is 4.79 Å². The third-order valence-electron chi connectivity index (χ3n) is 2.29. The topological polar surface area (TPSA) is 116 Å². The molecule has 10 heteroatoms. The quantitative estimate of drug-likeness (QED) is 0.596. The predicted molar refractivity (Wildman–Crippen MR) is 81.3 cm³/mol. The molecule has 0 atom stereocenters. The maximum Gasteiger partial charge on any atom is 0.325 e. The van der Waals surface area contributed by atoms with Gasteiger partial charge in [0.25, 0.3) is 0 Å². The highest BCUT2D eigenvalue weighted by molar-refractivity contribution is 8.01. The van der Waals surface area contributed by atoms with Crippen LogP contribution in [0.3, 0.4) is 0 Å². The minimum atomic E-state index is -1.19. The first-order valence-corrected chi connectivity index (χ1v) is 7.75. The van der Waals surface area contributed by atoms with Gasteiger partial charge in [-0.1, -0.05) is 23.1 Å². The second-order valence-corrected chi connectivity index (χ2v) is 6.04. The lowest BCUT2D eigenvalue weighted by molar-refractivity contribution is -0.301. The third-order valence-corrected chi connectivity index (χ3v) is 4.23. The number of hydrogen-bond donors (Lipinski definition) is 2. The number of anilines is 2. The molecule has 1 aromatic heterocycles. The molecule has 22 heavy (non-hydrogen) atoms. The van der Waals surface area contributed by atoms with Crippen LogP contribution in [0.25, 0.3) is 0 Å². The van der Waals surface area contributed by atoms with E-state index in [2.05, 4.69) is 20.8 Å². The molecule has 116 valence electrons. The molecule has 0 saturated heterocycles. The van der Waals surface area contributed by atoms with E-state index in [1.54, 1.807) is 31.4 Å². The van der Waals surface area contributed by atoms with Crippen LogP contribution in [0.15, 0.2) is 28.6 Å². The van der Waals surface area contributed by atoms with E-state index >= 15 is 0 Å². The van der Waals surface area contributed by atoms with E-state index < -0.39 is 12.0 Å². The van der Waals surface area contributed by atoms with Gasteiger partial charge in [-0.05, 0) is 24.3 Å². The van der Waals surface area contributed by atoms with Gasteiger partial charge in [-0.2, -0.15) is 0 Å². The Labute approximate surface area is 133 Å². The van der Waals surface area contributed by atoms with E-state index in [1.807, 2.05) is 0 Å². The third kappa shape index (κ3) is 4.90. The normalized spacial score (nSPS) is 10.0. The molecule has 2 aromatic rings. The molecule has 8 nitrogen and oxygen atoms in total. The number of ether oxygens (including phenoxy) is 1. The molecule has 0 fully saturated rings. The number of aliphatic carboxylic acids is 1. The number of carboxylic acid groups (broad SMARTS) is 1. The fraction of sp³-hybridized carbons (Fsp3) is 0.167. The maximum atomic E-state index is 11.8. The number of benzene rings is 1. The zero-order chi connectivity index (χ0) is 15.9. The zero-order valence-electron chi connectivity index (χ0n) is 11.4. The van der Waals surface area contributed by atoms with Crippen molar-refractivity contribution in [3.63, 3.8) is 0 Å². The first kappa shape index (κ1) is 16.0. The lowest BCUT2D eigenvalue weighted by Gasteiger charge is -2.05. The molecular formula is C12H11N4O4S2-. The molecule has 0 radical (unpaired) electrons. The second kappa shape index (κ2) is 7.61. The van der Waals surface area contributed by atoms with Gasteiger partial charge in [-0.25, -0.2) is 4.79 Å². The van der Waals surface area contributed by atoms with Crippen LogP contribution in [0, 0.1) is 0 Å². The van der Waals surface area contributed by atoms with Crippen LogP contribution >= 0.6 is 23.1 Å². The Morgan fingerprint density at radius 1 is 1.27 bits per heavy atom. The highest BCUT2D eigenvalue weighted by Gasteiger charge is 2.09. The molecular weight excluding hydrogens is 328 g/mol. The number of urea groups is 1. The molecule has 0 saturated carbocycles. The summed E-state index contributed by atoms with van der Waals surface area (Å²) in [6, 6.07) is 6.35. The maximum absolute atomic E-state index is 11.8. The highest BCUT2D eigenvalue weighted by Crippen LogP contribution is 2.25. The fourth-order valence-electron chi connectivity index (χ4n) is 1.37. The summed E-state index contributed by atoms with van der Waals surface area (Å²) in [6.45, 7) is 0. The predicted octanol–water partition coefficient (Wildman–Crippen LogP) is 1.03. The van der Waals surface area contributed by atoms with E-state index in [1.165, 1.54) is 0 Å². The number of nitrogens with one attached hydrogen (secondary N) is 2. The first-order chi connectivity index (χ1) is 10.6. The van der Waals surface area contributed by atoms with Crippen molar-refractivity contribution in [2.75, 3.05) is 23.5 Å². The summed E-state index contributed by atoms with van der Waals surface area (Å²) in [7, 11) is 1.56. The van der Waals surface area contributed by atoms with Crippen LogP contribution in [0.1, 0.15) is 0 Å². The smallest absolute Gasteiger partial charge is 0.325 e. The molecule has 1 heterocycles. The average molecular weight is 339 g/mol. The van der Waals surface area contributed by atoms with Crippen LogP contribution in [0.4, 0.5) is 15.6 Å². The van der Waals surface area contributed by atoms with Crippen molar-refractivity contribution < 1.29 is 19.4 Å². The number of nitrogens with zero attached hydrogens (tertiary/aromatic N) is 2. The van der Waals surface area contributed by atoms with Gasteiger partial charge >= 0.3 is 6.03 Å². The van der Waals surface area contributed by atoms with Crippen LogP contribution < -0.4 is 20.5 Å². The summed E-state index contributed by atoms with van der Waals surface area (Å²) in [4.78, 5) is 22.1. The number of aromatic nitrogens is 2. The van der Waals surface area contributed by atoms with Gasteiger partial charge in [0.05, 0.1) is 13.1 Å². The van der Waals surface area contributed by atoms with Crippen LogP contribution in [0.2, 0.25) is 0 Å². The van der Waals surface area contributed by atoms with Gasteiger partial charge in [0.1, 0.15) is 5.75 Å². The largest absolute Gasteiger partial charge is 0.549 e. The summed E-state index contributed by atoms with van der Waals surface area (Å²) < 4.78 is 5.45. The molecule has 2 N–H and O–H groups in total. The van der Waals surface area contributed by atoms with E-state index in [9.17, 15) is 14.7 Å². The molecule has 0 aliphatic heterocycles. The van der Waals surface area contributed by atoms with Crippen molar-refractivity contribution in [3.8, 4) is 5.75 Å². The average Bonchev–Trinajstić information content (AvgIpc) is 2.93. The van der Waals surface area contributed by atoms with Crippen molar-refractivity contribution in [3.05, 3.63) is 24.3 Å². The van der Waals surface area contributed by atoms with Gasteiger partial charge < -0.3 is 20.0 Å². The number of methoxy groups -OCH3 is 1. The van der Waals surface area contributed by atoms with E-state index in [-0.39, 0.29) is 10.9 Å². The lowest BCUT2D eigenvalue weighted by Crippen LogP contribution is -2.24. The van der Waals surface area contributed by atoms with Crippen molar-refractivity contribution >= 4 is 45.9 Å². The number of carbonyl (C=O) groups is 2. The van der Waals surface area contributed by atoms with Gasteiger partial charge in [-0.15, -0.1) is 10.2 Å². The van der Waals surface area contributed by atoms with E-state index in [4.69, 9.17) is 4.74 Å². The minimum absolute atomic E-state index is 0.216. The Hall–Kier alpha value is -2.33. The molecule has 0 spiro atoms. The van der Waals surface area contributed by atoms with Gasteiger partial charge in [0, 0.05) is 11.4 Å². The van der Waals surface area contributed by atoms with E-state index in [0.717, 1.165) is 23.1 Å². The Bertz CT molecular complexity index is 659. The van der Waals surface area contributed by atoms with Crippen molar-refractivity contribution in [2.45, 2.75) is 4.34 Å². The molecule has 0 unspecified atom stereocenters. The molecule has 0 aliphatic carbocycles. The van der Waals surface area contributed by atoms with E-state index in [0.29, 0.717) is 15.8 Å². The minimum Gasteiger partial charge on any atom is -0.549 e. The number of carboxylic acids is 1. The summed E-state index contributed by atoms with van der Waals surface area (Å²) in [5.74, 6) is -0.719. The summed E-state index contributed by atoms with van der Waals surface area (Å²) in [5.41, 5.74) is 0.592. The fourth-order valence-corrected chi connectivity index (χ4v) is 2.83. The monoisotopic (exact) mass is 339 g/mol. The SMILES string of the molecule is COc1ccc(NC(=O)Nc2nnc(SCC(=O)[O-])s2)cc1. The van der Waals surface area contributed by atoms with Crippen molar-refractivity contribution in [1.82, 2.24) is 10.2 Å². The Kier molecular flexibility index (Phi) is 5.55. The Morgan fingerprint density at radius 3 is 2.64 bits per heavy atom.